The van der Waals surface area contributed by atoms with E-state index >= 15 is 0 Å². The first-order valence-corrected chi connectivity index (χ1v) is 17.5. The second-order valence-electron chi connectivity index (χ2n) is 11.3. The first-order chi connectivity index (χ1) is 21.0. The highest BCUT2D eigenvalue weighted by atomic mass is 14.8. The zero-order chi connectivity index (χ0) is 34.2. The van der Waals surface area contributed by atoms with E-state index in [2.05, 4.69) is 118 Å². The van der Waals surface area contributed by atoms with Gasteiger partial charge in [0, 0.05) is 12.2 Å². The van der Waals surface area contributed by atoms with Crippen molar-refractivity contribution in [1.29, 1.82) is 0 Å². The summed E-state index contributed by atoms with van der Waals surface area (Å²) in [6.07, 6.45) is 8.80. The molecule has 0 bridgehead atoms. The fourth-order valence-electron chi connectivity index (χ4n) is 5.31. The molecule has 0 saturated heterocycles. The summed E-state index contributed by atoms with van der Waals surface area (Å²) in [7, 11) is 0. The van der Waals surface area contributed by atoms with Gasteiger partial charge in [0.2, 0.25) is 0 Å². The van der Waals surface area contributed by atoms with Crippen molar-refractivity contribution in [3.05, 3.63) is 93.1 Å². The highest BCUT2D eigenvalue weighted by Gasteiger charge is 2.13. The molecule has 3 nitrogen and oxygen atoms in total. The van der Waals surface area contributed by atoms with Gasteiger partial charge in [-0.1, -0.05) is 118 Å². The maximum Gasteiger partial charge on any atom is 0.0355 e. The molecule has 0 aliphatic rings. The number of nitrogen functional groups attached to an aromatic ring is 1. The standard InChI is InChI=1S/C21H31N.C16H27N.C2H7N.C2H6/c1-8-14(5)15(6)16(7)19(10-3)18-12-17(9-2)20(11-4)21(22)13-18;1-5-8-16-14(12-17-11-6-2)9-7-10-15(16)13(3)4;1-2-3;1-2/h10,12-13H,5,8-9,11,22H2,1-4,6-7H3;7,9-10,13,17H,5-6,8,11-12H2,1-4H3;2-3H2,1H3;1-2H3/b16-15-,19-10+;;;. The fraction of sp³-hybridized carbons (Fsp3) is 0.561. The Labute approximate surface area is 274 Å². The van der Waals surface area contributed by atoms with Crippen molar-refractivity contribution in [3.63, 3.8) is 0 Å². The highest BCUT2D eigenvalue weighted by molar-refractivity contribution is 5.82. The van der Waals surface area contributed by atoms with Gasteiger partial charge in [0.25, 0.3) is 0 Å². The lowest BCUT2D eigenvalue weighted by atomic mass is 9.89. The van der Waals surface area contributed by atoms with E-state index in [1.54, 1.807) is 5.56 Å². The maximum absolute atomic E-state index is 6.30. The van der Waals surface area contributed by atoms with Crippen LogP contribution >= 0.6 is 0 Å². The van der Waals surface area contributed by atoms with Gasteiger partial charge in [-0.15, -0.1) is 0 Å². The van der Waals surface area contributed by atoms with E-state index in [1.165, 1.54) is 69.4 Å². The van der Waals surface area contributed by atoms with Crippen LogP contribution in [0.1, 0.15) is 149 Å². The molecule has 5 N–H and O–H groups in total. The van der Waals surface area contributed by atoms with Gasteiger partial charge in [0.15, 0.2) is 0 Å². The Morgan fingerprint density at radius 1 is 0.886 bits per heavy atom. The monoisotopic (exact) mass is 606 g/mol. The molecule has 250 valence electrons. The smallest absolute Gasteiger partial charge is 0.0355 e. The third-order valence-corrected chi connectivity index (χ3v) is 7.81. The van der Waals surface area contributed by atoms with Crippen LogP contribution in [0.5, 0.6) is 0 Å². The molecular weight excluding hydrogens is 534 g/mol. The Kier molecular flexibility index (Phi) is 25.4. The van der Waals surface area contributed by atoms with Crippen LogP contribution in [0.15, 0.2) is 59.7 Å². The van der Waals surface area contributed by atoms with E-state index in [0.717, 1.165) is 44.6 Å². The second-order valence-corrected chi connectivity index (χ2v) is 11.3. The lowest BCUT2D eigenvalue weighted by Gasteiger charge is -2.17. The van der Waals surface area contributed by atoms with Crippen LogP contribution in [0, 0.1) is 0 Å². The molecule has 2 aromatic carbocycles. The van der Waals surface area contributed by atoms with Crippen molar-refractivity contribution >= 4 is 11.3 Å². The summed E-state index contributed by atoms with van der Waals surface area (Å²) < 4.78 is 0. The van der Waals surface area contributed by atoms with E-state index in [1.807, 2.05) is 20.8 Å². The predicted octanol–water partition coefficient (Wildman–Crippen LogP) is 11.4. The maximum atomic E-state index is 6.30. The number of hydrogen-bond acceptors (Lipinski definition) is 3. The van der Waals surface area contributed by atoms with Crippen LogP contribution in [0.4, 0.5) is 5.69 Å². The van der Waals surface area contributed by atoms with E-state index in [0.29, 0.717) is 5.92 Å². The Morgan fingerprint density at radius 2 is 1.50 bits per heavy atom. The summed E-state index contributed by atoms with van der Waals surface area (Å²) in [4.78, 5) is 0. The molecule has 0 spiro atoms. The Bertz CT molecular complexity index is 1130. The fourth-order valence-corrected chi connectivity index (χ4v) is 5.31. The Balaban J connectivity index is 0. The molecule has 2 rings (SSSR count). The normalized spacial score (nSPS) is 11.4. The average molecular weight is 606 g/mol. The Morgan fingerprint density at radius 3 is 1.95 bits per heavy atom. The molecule has 3 heteroatoms. The number of nitrogens with two attached hydrogens (primary N) is 2. The van der Waals surface area contributed by atoms with Crippen molar-refractivity contribution in [2.75, 3.05) is 18.8 Å². The van der Waals surface area contributed by atoms with E-state index in [4.69, 9.17) is 11.5 Å². The average Bonchev–Trinajstić information content (AvgIpc) is 3.02. The summed E-state index contributed by atoms with van der Waals surface area (Å²) in [5.41, 5.74) is 25.6. The number of anilines is 1. The van der Waals surface area contributed by atoms with Crippen LogP contribution in [0.25, 0.3) is 5.57 Å². The molecule has 0 unspecified atom stereocenters. The highest BCUT2D eigenvalue weighted by Crippen LogP contribution is 2.32. The lowest BCUT2D eigenvalue weighted by Crippen LogP contribution is -2.16. The van der Waals surface area contributed by atoms with Crippen molar-refractivity contribution in [2.45, 2.75) is 141 Å². The van der Waals surface area contributed by atoms with E-state index < -0.39 is 0 Å². The van der Waals surface area contributed by atoms with Gasteiger partial charge in [-0.25, -0.2) is 0 Å². The lowest BCUT2D eigenvalue weighted by molar-refractivity contribution is 0.666. The van der Waals surface area contributed by atoms with Crippen LogP contribution in [0.3, 0.4) is 0 Å². The summed E-state index contributed by atoms with van der Waals surface area (Å²) in [6.45, 7) is 35.0. The van der Waals surface area contributed by atoms with Crippen LogP contribution < -0.4 is 16.8 Å². The summed E-state index contributed by atoms with van der Waals surface area (Å²) >= 11 is 0. The van der Waals surface area contributed by atoms with Crippen molar-refractivity contribution in [3.8, 4) is 0 Å². The summed E-state index contributed by atoms with van der Waals surface area (Å²) in [6, 6.07) is 11.2. The van der Waals surface area contributed by atoms with Gasteiger partial charge in [-0.05, 0) is 128 Å². The van der Waals surface area contributed by atoms with Crippen molar-refractivity contribution in [2.24, 2.45) is 5.73 Å². The molecule has 0 aliphatic heterocycles. The number of nitrogens with one attached hydrogen (secondary N) is 1. The Hall–Kier alpha value is -2.62. The SMILES string of the molecule is C=C(CC)/C(C)=C(C)\C(=C/C)c1cc(N)c(CC)c(CC)c1.CC.CCCNCc1cccc(C(C)C)c1CCC.CCN. The number of allylic oxidation sites excluding steroid dienone is 5. The zero-order valence-corrected chi connectivity index (χ0v) is 31.3. The van der Waals surface area contributed by atoms with E-state index in [-0.39, 0.29) is 0 Å². The van der Waals surface area contributed by atoms with Gasteiger partial charge in [-0.2, -0.15) is 0 Å². The van der Waals surface area contributed by atoms with Crippen LogP contribution in [0.2, 0.25) is 0 Å². The molecule has 0 atom stereocenters. The van der Waals surface area contributed by atoms with Crippen LogP contribution in [-0.4, -0.2) is 13.1 Å². The van der Waals surface area contributed by atoms with Crippen molar-refractivity contribution in [1.82, 2.24) is 5.32 Å². The number of benzene rings is 2. The number of aryl methyl sites for hydroxylation is 1. The van der Waals surface area contributed by atoms with E-state index in [9.17, 15) is 0 Å². The van der Waals surface area contributed by atoms with Gasteiger partial charge in [-0.3, -0.25) is 0 Å². The molecule has 0 radical (unpaired) electrons. The first kappa shape index (κ1) is 43.5. The largest absolute Gasteiger partial charge is 0.398 e. The third kappa shape index (κ3) is 14.4. The topological polar surface area (TPSA) is 64.1 Å². The van der Waals surface area contributed by atoms with Crippen molar-refractivity contribution < 1.29 is 0 Å². The molecule has 0 aromatic heterocycles. The van der Waals surface area contributed by atoms with Gasteiger partial charge >= 0.3 is 0 Å². The molecule has 0 heterocycles. The molecule has 0 fully saturated rings. The van der Waals surface area contributed by atoms with Gasteiger partial charge < -0.3 is 16.8 Å². The van der Waals surface area contributed by atoms with Crippen LogP contribution in [-0.2, 0) is 25.8 Å². The summed E-state index contributed by atoms with van der Waals surface area (Å²) in [5, 5.41) is 3.52. The number of hydrogen-bond donors (Lipinski definition) is 3. The zero-order valence-electron chi connectivity index (χ0n) is 31.3. The molecule has 0 aliphatic carbocycles. The second kappa shape index (κ2) is 25.7. The minimum Gasteiger partial charge on any atom is -0.398 e. The molecule has 0 saturated carbocycles. The minimum absolute atomic E-state index is 0.627. The molecule has 0 amide bonds. The quantitative estimate of drug-likeness (QED) is 0.121. The third-order valence-electron chi connectivity index (χ3n) is 7.81. The molecule has 2 aromatic rings. The number of rotatable bonds is 13. The predicted molar refractivity (Wildman–Crippen MR) is 204 cm³/mol. The molecular formula is C41H71N3. The first-order valence-electron chi connectivity index (χ1n) is 17.5. The minimum atomic E-state index is 0.627. The van der Waals surface area contributed by atoms with Gasteiger partial charge in [0.05, 0.1) is 0 Å². The molecule has 44 heavy (non-hydrogen) atoms. The van der Waals surface area contributed by atoms with Gasteiger partial charge in [0.1, 0.15) is 0 Å². The summed E-state index contributed by atoms with van der Waals surface area (Å²) in [5.74, 6) is 0.627.